The van der Waals surface area contributed by atoms with Crippen molar-refractivity contribution in [3.8, 4) is 5.75 Å². The molecular formula is C18H19ClN2O3. The van der Waals surface area contributed by atoms with Crippen LogP contribution in [0.25, 0.3) is 0 Å². The molecule has 1 N–H and O–H groups in total. The van der Waals surface area contributed by atoms with Gasteiger partial charge in [-0.1, -0.05) is 35.9 Å². The first kappa shape index (κ1) is 17.8. The van der Waals surface area contributed by atoms with Crippen molar-refractivity contribution in [3.05, 3.63) is 59.1 Å². The number of hydrogen-bond acceptors (Lipinski definition) is 3. The molecule has 0 heterocycles. The number of ether oxygens (including phenoxy) is 1. The van der Waals surface area contributed by atoms with Crippen molar-refractivity contribution in [2.24, 2.45) is 0 Å². The monoisotopic (exact) mass is 346 g/mol. The number of likely N-dealkylation sites (N-methyl/N-ethyl adjacent to an activating group) is 1. The number of para-hydroxylation sites is 1. The molecule has 0 aromatic heterocycles. The third kappa shape index (κ3) is 5.28. The van der Waals surface area contributed by atoms with Gasteiger partial charge in [-0.25, -0.2) is 0 Å². The van der Waals surface area contributed by atoms with Crippen molar-refractivity contribution in [3.63, 3.8) is 0 Å². The maximum absolute atomic E-state index is 11.9. The molecule has 2 aromatic rings. The predicted molar refractivity (Wildman–Crippen MR) is 94.4 cm³/mol. The number of rotatable bonds is 6. The Hall–Kier alpha value is -2.53. The molecule has 5 nitrogen and oxygen atoms in total. The maximum atomic E-state index is 11.9. The summed E-state index contributed by atoms with van der Waals surface area (Å²) >= 11 is 5.96. The van der Waals surface area contributed by atoms with Crippen LogP contribution in [-0.2, 0) is 16.0 Å². The van der Waals surface area contributed by atoms with Gasteiger partial charge in [0.25, 0.3) is 5.91 Å². The van der Waals surface area contributed by atoms with Crippen molar-refractivity contribution < 1.29 is 14.3 Å². The lowest BCUT2D eigenvalue weighted by molar-refractivity contribution is -0.128. The van der Waals surface area contributed by atoms with Crippen LogP contribution in [0.3, 0.4) is 0 Å². The Morgan fingerprint density at radius 1 is 1.08 bits per heavy atom. The fourth-order valence-corrected chi connectivity index (χ4v) is 2.13. The van der Waals surface area contributed by atoms with Crippen molar-refractivity contribution in [1.82, 2.24) is 4.90 Å². The lowest BCUT2D eigenvalue weighted by Gasteiger charge is -2.11. The largest absolute Gasteiger partial charge is 0.482 e. The molecule has 2 rings (SSSR count). The van der Waals surface area contributed by atoms with Crippen LogP contribution in [0.1, 0.15) is 5.56 Å². The number of amides is 2. The van der Waals surface area contributed by atoms with Gasteiger partial charge in [0.1, 0.15) is 5.75 Å². The van der Waals surface area contributed by atoms with Crippen LogP contribution in [0.2, 0.25) is 5.02 Å². The summed E-state index contributed by atoms with van der Waals surface area (Å²) in [6, 6.07) is 14.1. The Bertz CT molecular complexity index is 714. The third-order valence-corrected chi connectivity index (χ3v) is 3.60. The van der Waals surface area contributed by atoms with Crippen LogP contribution in [0.15, 0.2) is 48.5 Å². The van der Waals surface area contributed by atoms with E-state index >= 15 is 0 Å². The average molecular weight is 347 g/mol. The van der Waals surface area contributed by atoms with E-state index in [9.17, 15) is 9.59 Å². The highest BCUT2D eigenvalue weighted by Gasteiger charge is 2.08. The second-order valence-corrected chi connectivity index (χ2v) is 5.84. The summed E-state index contributed by atoms with van der Waals surface area (Å²) in [5.41, 5.74) is 1.53. The van der Waals surface area contributed by atoms with Gasteiger partial charge in [0.2, 0.25) is 5.91 Å². The molecule has 24 heavy (non-hydrogen) atoms. The van der Waals surface area contributed by atoms with E-state index in [0.29, 0.717) is 22.9 Å². The number of nitrogens with zero attached hydrogens (tertiary/aromatic N) is 1. The Kier molecular flexibility index (Phi) is 6.21. The van der Waals surface area contributed by atoms with E-state index in [2.05, 4.69) is 5.32 Å². The highest BCUT2D eigenvalue weighted by molar-refractivity contribution is 6.32. The minimum Gasteiger partial charge on any atom is -0.482 e. The first-order valence-electron chi connectivity index (χ1n) is 7.42. The van der Waals surface area contributed by atoms with Gasteiger partial charge >= 0.3 is 0 Å². The summed E-state index contributed by atoms with van der Waals surface area (Å²) in [6.45, 7) is -0.134. The smallest absolute Gasteiger partial charge is 0.262 e. The predicted octanol–water partition coefficient (Wildman–Crippen LogP) is 2.99. The number of carbonyl (C=O) groups excluding carboxylic acids is 2. The molecule has 0 aliphatic heterocycles. The zero-order valence-corrected chi connectivity index (χ0v) is 14.3. The number of benzene rings is 2. The van der Waals surface area contributed by atoms with E-state index in [4.69, 9.17) is 16.3 Å². The van der Waals surface area contributed by atoms with E-state index < -0.39 is 0 Å². The normalized spacial score (nSPS) is 10.1. The Labute approximate surface area is 146 Å². The van der Waals surface area contributed by atoms with Crippen LogP contribution >= 0.6 is 11.6 Å². The second-order valence-electron chi connectivity index (χ2n) is 5.43. The van der Waals surface area contributed by atoms with Gasteiger partial charge in [-0.15, -0.1) is 0 Å². The van der Waals surface area contributed by atoms with E-state index in [-0.39, 0.29) is 18.4 Å². The van der Waals surface area contributed by atoms with E-state index in [1.165, 1.54) is 0 Å². The first-order valence-corrected chi connectivity index (χ1v) is 7.80. The van der Waals surface area contributed by atoms with Gasteiger partial charge < -0.3 is 15.0 Å². The molecule has 126 valence electrons. The van der Waals surface area contributed by atoms with Gasteiger partial charge in [-0.3, -0.25) is 9.59 Å². The first-order chi connectivity index (χ1) is 11.5. The molecule has 0 spiro atoms. The Balaban J connectivity index is 1.86. The topological polar surface area (TPSA) is 58.6 Å². The summed E-state index contributed by atoms with van der Waals surface area (Å²) in [6.07, 6.45) is 0.330. The molecule has 0 unspecified atom stereocenters. The van der Waals surface area contributed by atoms with Gasteiger partial charge in [0, 0.05) is 19.8 Å². The SMILES string of the molecule is CN(C)C(=O)Cc1ccc(NC(=O)COc2ccccc2Cl)cc1. The number of carbonyl (C=O) groups is 2. The van der Waals surface area contributed by atoms with Gasteiger partial charge in [-0.05, 0) is 29.8 Å². The molecule has 0 bridgehead atoms. The van der Waals surface area contributed by atoms with Crippen molar-refractivity contribution in [1.29, 1.82) is 0 Å². The Morgan fingerprint density at radius 3 is 2.38 bits per heavy atom. The van der Waals surface area contributed by atoms with E-state index in [1.807, 2.05) is 12.1 Å². The quantitative estimate of drug-likeness (QED) is 0.874. The fourth-order valence-electron chi connectivity index (χ4n) is 1.94. The minimum atomic E-state index is -0.285. The standard InChI is InChI=1S/C18H19ClN2O3/c1-21(2)18(23)11-13-7-9-14(10-8-13)20-17(22)12-24-16-6-4-3-5-15(16)19/h3-10H,11-12H2,1-2H3,(H,20,22). The summed E-state index contributed by atoms with van der Waals surface area (Å²) < 4.78 is 5.38. The van der Waals surface area contributed by atoms with Gasteiger partial charge in [0.05, 0.1) is 11.4 Å². The maximum Gasteiger partial charge on any atom is 0.262 e. The Morgan fingerprint density at radius 2 is 1.75 bits per heavy atom. The number of nitrogens with one attached hydrogen (secondary N) is 1. The van der Waals surface area contributed by atoms with Gasteiger partial charge in [0.15, 0.2) is 6.61 Å². The third-order valence-electron chi connectivity index (χ3n) is 3.29. The van der Waals surface area contributed by atoms with E-state index in [0.717, 1.165) is 5.56 Å². The zero-order chi connectivity index (χ0) is 17.5. The van der Waals surface area contributed by atoms with Crippen LogP contribution in [0.4, 0.5) is 5.69 Å². The minimum absolute atomic E-state index is 0.0277. The molecule has 2 aromatic carbocycles. The van der Waals surface area contributed by atoms with Gasteiger partial charge in [-0.2, -0.15) is 0 Å². The molecule has 0 atom stereocenters. The number of halogens is 1. The van der Waals surface area contributed by atoms with Crippen LogP contribution in [0.5, 0.6) is 5.75 Å². The molecule has 0 aliphatic rings. The van der Waals surface area contributed by atoms with Crippen LogP contribution in [0, 0.1) is 0 Å². The highest BCUT2D eigenvalue weighted by Crippen LogP contribution is 2.23. The lowest BCUT2D eigenvalue weighted by Crippen LogP contribution is -2.23. The van der Waals surface area contributed by atoms with Crippen molar-refractivity contribution in [2.75, 3.05) is 26.0 Å². The molecule has 2 amide bonds. The lowest BCUT2D eigenvalue weighted by atomic mass is 10.1. The molecule has 0 aliphatic carbocycles. The summed E-state index contributed by atoms with van der Waals surface area (Å²) in [5, 5.41) is 3.19. The average Bonchev–Trinajstić information content (AvgIpc) is 2.56. The molecule has 0 radical (unpaired) electrons. The van der Waals surface area contributed by atoms with Crippen LogP contribution < -0.4 is 10.1 Å². The van der Waals surface area contributed by atoms with Crippen molar-refractivity contribution in [2.45, 2.75) is 6.42 Å². The molecule has 0 saturated carbocycles. The summed E-state index contributed by atoms with van der Waals surface area (Å²) in [7, 11) is 3.44. The fraction of sp³-hybridized carbons (Fsp3) is 0.222. The van der Waals surface area contributed by atoms with E-state index in [1.54, 1.807) is 55.4 Å². The molecule has 0 fully saturated rings. The zero-order valence-electron chi connectivity index (χ0n) is 13.6. The molecule has 6 heteroatoms. The van der Waals surface area contributed by atoms with Crippen molar-refractivity contribution >= 4 is 29.1 Å². The molecule has 0 saturated heterocycles. The summed E-state index contributed by atoms with van der Waals surface area (Å²) in [4.78, 5) is 25.1. The van der Waals surface area contributed by atoms with Crippen LogP contribution in [-0.4, -0.2) is 37.4 Å². The number of hydrogen-bond donors (Lipinski definition) is 1. The highest BCUT2D eigenvalue weighted by atomic mass is 35.5. The second kappa shape index (κ2) is 8.36. The summed E-state index contributed by atoms with van der Waals surface area (Å²) in [5.74, 6) is 0.207. The number of anilines is 1. The molecular weight excluding hydrogens is 328 g/mol.